The topological polar surface area (TPSA) is 89.4 Å². The summed E-state index contributed by atoms with van der Waals surface area (Å²) < 4.78 is 0. The van der Waals surface area contributed by atoms with Gasteiger partial charge in [-0.1, -0.05) is 0 Å². The zero-order chi connectivity index (χ0) is 9.72. The van der Waals surface area contributed by atoms with Gasteiger partial charge in [-0.05, 0) is 13.8 Å². The van der Waals surface area contributed by atoms with Gasteiger partial charge in [-0.15, -0.1) is 0 Å². The van der Waals surface area contributed by atoms with Crippen LogP contribution in [0.25, 0.3) is 0 Å². The van der Waals surface area contributed by atoms with Gasteiger partial charge in [-0.25, -0.2) is 0 Å². The van der Waals surface area contributed by atoms with Crippen LogP contribution in [-0.4, -0.2) is 35.8 Å². The van der Waals surface area contributed by atoms with E-state index in [0.717, 1.165) is 0 Å². The summed E-state index contributed by atoms with van der Waals surface area (Å²) in [6.07, 6.45) is 0. The third-order valence-corrected chi connectivity index (χ3v) is 1.43. The minimum Gasteiger partial charge on any atom is -0.368 e. The number of primary amides is 1. The summed E-state index contributed by atoms with van der Waals surface area (Å²) in [7, 11) is 0. The van der Waals surface area contributed by atoms with Crippen molar-refractivity contribution in [2.45, 2.75) is 19.9 Å². The molecule has 2 amide bonds. The van der Waals surface area contributed by atoms with Crippen molar-refractivity contribution in [3.8, 4) is 0 Å². The number of nitrogens with zero attached hydrogens (tertiary/aromatic N) is 1. The van der Waals surface area contributed by atoms with Gasteiger partial charge < -0.3 is 16.4 Å². The van der Waals surface area contributed by atoms with Gasteiger partial charge in [-0.2, -0.15) is 0 Å². The molecule has 0 bridgehead atoms. The highest BCUT2D eigenvalue weighted by atomic mass is 16.2. The molecule has 70 valence electrons. The Morgan fingerprint density at radius 2 is 2.00 bits per heavy atom. The molecule has 0 fully saturated rings. The van der Waals surface area contributed by atoms with Crippen molar-refractivity contribution in [3.05, 3.63) is 0 Å². The van der Waals surface area contributed by atoms with Crippen molar-refractivity contribution in [3.63, 3.8) is 0 Å². The molecule has 0 spiro atoms. The summed E-state index contributed by atoms with van der Waals surface area (Å²) in [5, 5.41) is 0. The van der Waals surface area contributed by atoms with Gasteiger partial charge in [0, 0.05) is 6.54 Å². The molecular weight excluding hydrogens is 158 g/mol. The second-order valence-electron chi connectivity index (χ2n) is 2.61. The third-order valence-electron chi connectivity index (χ3n) is 1.43. The minimum atomic E-state index is -0.579. The first kappa shape index (κ1) is 10.9. The van der Waals surface area contributed by atoms with Crippen LogP contribution in [0.5, 0.6) is 0 Å². The lowest BCUT2D eigenvalue weighted by atomic mass is 10.3. The highest BCUT2D eigenvalue weighted by molar-refractivity contribution is 5.86. The second kappa shape index (κ2) is 4.71. The van der Waals surface area contributed by atoms with Crippen molar-refractivity contribution in [2.24, 2.45) is 11.5 Å². The van der Waals surface area contributed by atoms with E-state index in [1.165, 1.54) is 4.90 Å². The standard InChI is InChI=1S/C7H15N3O2/c1-3-10(4-6(9)11)7(12)5(2)8/h5H,3-4,8H2,1-2H3,(H2,9,11)/t5-/m0/s1. The Kier molecular flexibility index (Phi) is 4.28. The SMILES string of the molecule is CCN(CC(N)=O)C(=O)[C@H](C)N. The molecule has 12 heavy (non-hydrogen) atoms. The average Bonchev–Trinajstić information content (AvgIpc) is 1.98. The molecule has 4 N–H and O–H groups in total. The van der Waals surface area contributed by atoms with Gasteiger partial charge in [0.05, 0.1) is 12.6 Å². The van der Waals surface area contributed by atoms with Crippen LogP contribution in [-0.2, 0) is 9.59 Å². The Morgan fingerprint density at radius 1 is 1.50 bits per heavy atom. The first-order valence-electron chi connectivity index (χ1n) is 3.81. The van der Waals surface area contributed by atoms with E-state index in [0.29, 0.717) is 6.54 Å². The maximum absolute atomic E-state index is 11.2. The summed E-state index contributed by atoms with van der Waals surface area (Å²) in [5.74, 6) is -0.776. The molecule has 5 nitrogen and oxygen atoms in total. The van der Waals surface area contributed by atoms with E-state index in [4.69, 9.17) is 11.5 Å². The van der Waals surface area contributed by atoms with Crippen LogP contribution in [0, 0.1) is 0 Å². The maximum atomic E-state index is 11.2. The molecule has 5 heteroatoms. The fourth-order valence-corrected chi connectivity index (χ4v) is 0.822. The molecule has 0 aromatic heterocycles. The highest BCUT2D eigenvalue weighted by Gasteiger charge is 2.16. The molecule has 0 rings (SSSR count). The maximum Gasteiger partial charge on any atom is 0.239 e. The summed E-state index contributed by atoms with van der Waals surface area (Å²) in [6.45, 7) is 3.73. The summed E-state index contributed by atoms with van der Waals surface area (Å²) in [6, 6.07) is -0.579. The predicted molar refractivity (Wildman–Crippen MR) is 45.1 cm³/mol. The van der Waals surface area contributed by atoms with Crippen molar-refractivity contribution in [1.29, 1.82) is 0 Å². The van der Waals surface area contributed by atoms with E-state index < -0.39 is 11.9 Å². The molecule has 0 heterocycles. The Bertz CT molecular complexity index is 179. The Balaban J connectivity index is 4.15. The largest absolute Gasteiger partial charge is 0.368 e. The van der Waals surface area contributed by atoms with E-state index in [2.05, 4.69) is 0 Å². The van der Waals surface area contributed by atoms with Gasteiger partial charge in [0.2, 0.25) is 11.8 Å². The Morgan fingerprint density at radius 3 is 2.25 bits per heavy atom. The zero-order valence-electron chi connectivity index (χ0n) is 7.41. The van der Waals surface area contributed by atoms with Crippen molar-refractivity contribution >= 4 is 11.8 Å². The molecule has 0 saturated heterocycles. The van der Waals surface area contributed by atoms with Crippen molar-refractivity contribution in [1.82, 2.24) is 4.90 Å². The minimum absolute atomic E-state index is 0.0587. The highest BCUT2D eigenvalue weighted by Crippen LogP contribution is 1.91. The lowest BCUT2D eigenvalue weighted by Gasteiger charge is -2.20. The monoisotopic (exact) mass is 173 g/mol. The molecule has 0 aromatic rings. The van der Waals surface area contributed by atoms with E-state index >= 15 is 0 Å². The van der Waals surface area contributed by atoms with Gasteiger partial charge >= 0.3 is 0 Å². The first-order valence-corrected chi connectivity index (χ1v) is 3.81. The van der Waals surface area contributed by atoms with Gasteiger partial charge in [0.1, 0.15) is 0 Å². The number of nitrogens with two attached hydrogens (primary N) is 2. The molecule has 0 aromatic carbocycles. The zero-order valence-corrected chi connectivity index (χ0v) is 7.41. The van der Waals surface area contributed by atoms with Crippen LogP contribution in [0.1, 0.15) is 13.8 Å². The normalized spacial score (nSPS) is 12.2. The lowest BCUT2D eigenvalue weighted by Crippen LogP contribution is -2.45. The third kappa shape index (κ3) is 3.34. The van der Waals surface area contributed by atoms with Crippen molar-refractivity contribution in [2.75, 3.05) is 13.1 Å². The molecule has 0 aliphatic heterocycles. The Hall–Kier alpha value is -1.10. The van der Waals surface area contributed by atoms with Crippen LogP contribution in [0.4, 0.5) is 0 Å². The number of rotatable bonds is 4. The predicted octanol–water partition coefficient (Wildman–Crippen LogP) is -1.33. The smallest absolute Gasteiger partial charge is 0.239 e. The van der Waals surface area contributed by atoms with Gasteiger partial charge in [-0.3, -0.25) is 9.59 Å². The summed E-state index contributed by atoms with van der Waals surface area (Å²) in [5.41, 5.74) is 10.3. The molecule has 0 aliphatic carbocycles. The number of hydrogen-bond acceptors (Lipinski definition) is 3. The van der Waals surface area contributed by atoms with E-state index in [1.54, 1.807) is 13.8 Å². The number of carbonyl (C=O) groups excluding carboxylic acids is 2. The number of likely N-dealkylation sites (N-methyl/N-ethyl adjacent to an activating group) is 1. The second-order valence-corrected chi connectivity index (χ2v) is 2.61. The molecular formula is C7H15N3O2. The number of hydrogen-bond donors (Lipinski definition) is 2. The fraction of sp³-hybridized carbons (Fsp3) is 0.714. The van der Waals surface area contributed by atoms with Crippen LogP contribution >= 0.6 is 0 Å². The number of amides is 2. The number of carbonyl (C=O) groups is 2. The molecule has 0 saturated carbocycles. The Labute approximate surface area is 71.7 Å². The van der Waals surface area contributed by atoms with E-state index in [-0.39, 0.29) is 12.5 Å². The molecule has 0 radical (unpaired) electrons. The molecule has 1 atom stereocenters. The molecule has 0 aliphatic rings. The lowest BCUT2D eigenvalue weighted by molar-refractivity contribution is -0.135. The van der Waals surface area contributed by atoms with E-state index in [1.807, 2.05) is 0 Å². The van der Waals surface area contributed by atoms with Gasteiger partial charge in [0.25, 0.3) is 0 Å². The fourth-order valence-electron chi connectivity index (χ4n) is 0.822. The summed E-state index contributed by atoms with van der Waals surface area (Å²) >= 11 is 0. The average molecular weight is 173 g/mol. The summed E-state index contributed by atoms with van der Waals surface area (Å²) in [4.78, 5) is 23.0. The van der Waals surface area contributed by atoms with Crippen LogP contribution in [0.15, 0.2) is 0 Å². The van der Waals surface area contributed by atoms with Gasteiger partial charge in [0.15, 0.2) is 0 Å². The van der Waals surface area contributed by atoms with Crippen molar-refractivity contribution < 1.29 is 9.59 Å². The van der Waals surface area contributed by atoms with E-state index in [9.17, 15) is 9.59 Å². The first-order chi connectivity index (χ1) is 5.49. The van der Waals surface area contributed by atoms with Crippen LogP contribution < -0.4 is 11.5 Å². The van der Waals surface area contributed by atoms with Crippen LogP contribution in [0.2, 0.25) is 0 Å². The quantitative estimate of drug-likeness (QED) is 0.551. The molecule has 0 unspecified atom stereocenters. The van der Waals surface area contributed by atoms with Crippen LogP contribution in [0.3, 0.4) is 0 Å².